The smallest absolute Gasteiger partial charge is 0.231 e. The van der Waals surface area contributed by atoms with E-state index in [1.54, 1.807) is 24.3 Å². The van der Waals surface area contributed by atoms with Crippen molar-refractivity contribution in [2.75, 3.05) is 26.4 Å². The van der Waals surface area contributed by atoms with Crippen LogP contribution in [-0.2, 0) is 4.79 Å². The minimum absolute atomic E-state index is 0.0824. The van der Waals surface area contributed by atoms with Crippen molar-refractivity contribution < 1.29 is 28.9 Å². The molecule has 0 aliphatic carbocycles. The average molecular weight is 525 g/mol. The largest absolute Gasteiger partial charge is 0.491 e. The molecule has 2 atom stereocenters. The Hall–Kier alpha value is -3.10. The lowest BCUT2D eigenvalue weighted by Gasteiger charge is -2.29. The third-order valence-electron chi connectivity index (χ3n) is 6.97. The standard InChI is InChI=1S/C30H40N2O6/c1-21(2)38-24-13-10-22(11-14-24)26(33)8-4-3-5-9-29(34)31-25(19-32-16-6-7-17-32)30(35)23-12-15-27-28(18-23)37-20-36-27/h10-15,18,21,25,30,35H,3-9,16-17,19-20H2,1-2H3,(H,31,34). The second kappa shape index (κ2) is 13.6. The number of nitrogens with zero attached hydrogens (tertiary/aromatic N) is 1. The van der Waals surface area contributed by atoms with Gasteiger partial charge in [-0.1, -0.05) is 12.5 Å². The van der Waals surface area contributed by atoms with Gasteiger partial charge in [-0.15, -0.1) is 0 Å². The molecule has 2 N–H and O–H groups in total. The van der Waals surface area contributed by atoms with Crippen LogP contribution >= 0.6 is 0 Å². The van der Waals surface area contributed by atoms with Crippen LogP contribution in [0.4, 0.5) is 0 Å². The predicted octanol–water partition coefficient (Wildman–Crippen LogP) is 4.65. The number of fused-ring (bicyclic) bond motifs is 1. The SMILES string of the molecule is CC(C)Oc1ccc(C(=O)CCCCCC(=O)NC(CN2CCCC2)C(O)c2ccc3c(c2)OCO3)cc1. The minimum atomic E-state index is -0.857. The monoisotopic (exact) mass is 524 g/mol. The Morgan fingerprint density at radius 3 is 2.42 bits per heavy atom. The van der Waals surface area contributed by atoms with Gasteiger partial charge in [-0.3, -0.25) is 9.59 Å². The van der Waals surface area contributed by atoms with Gasteiger partial charge < -0.3 is 29.5 Å². The summed E-state index contributed by atoms with van der Waals surface area (Å²) in [6.07, 6.45) is 4.52. The molecule has 0 saturated carbocycles. The minimum Gasteiger partial charge on any atom is -0.491 e. The number of likely N-dealkylation sites (tertiary alicyclic amines) is 1. The highest BCUT2D eigenvalue weighted by atomic mass is 16.7. The van der Waals surface area contributed by atoms with Gasteiger partial charge in [-0.2, -0.15) is 0 Å². The van der Waals surface area contributed by atoms with Gasteiger partial charge >= 0.3 is 0 Å². The summed E-state index contributed by atoms with van der Waals surface area (Å²) in [4.78, 5) is 27.6. The van der Waals surface area contributed by atoms with Gasteiger partial charge in [-0.05, 0) is 94.6 Å². The second-order valence-corrected chi connectivity index (χ2v) is 10.4. The molecule has 2 unspecified atom stereocenters. The van der Waals surface area contributed by atoms with Crippen molar-refractivity contribution >= 4 is 11.7 Å². The summed E-state index contributed by atoms with van der Waals surface area (Å²) in [7, 11) is 0. The van der Waals surface area contributed by atoms with Crippen LogP contribution < -0.4 is 19.5 Å². The van der Waals surface area contributed by atoms with Crippen molar-refractivity contribution in [2.45, 2.75) is 77.0 Å². The molecule has 0 aromatic heterocycles. The van der Waals surface area contributed by atoms with Gasteiger partial charge in [0.05, 0.1) is 12.1 Å². The quantitative estimate of drug-likeness (QED) is 0.274. The van der Waals surface area contributed by atoms with E-state index in [9.17, 15) is 14.7 Å². The van der Waals surface area contributed by atoms with Gasteiger partial charge in [-0.25, -0.2) is 0 Å². The van der Waals surface area contributed by atoms with E-state index in [0.717, 1.165) is 44.5 Å². The van der Waals surface area contributed by atoms with E-state index in [-0.39, 0.29) is 24.6 Å². The molecule has 2 aliphatic rings. The zero-order chi connectivity index (χ0) is 26.9. The molecule has 2 aliphatic heterocycles. The molecule has 2 heterocycles. The molecule has 1 fully saturated rings. The number of nitrogens with one attached hydrogen (secondary N) is 1. The highest BCUT2D eigenvalue weighted by Gasteiger charge is 2.28. The summed E-state index contributed by atoms with van der Waals surface area (Å²) >= 11 is 0. The van der Waals surface area contributed by atoms with E-state index < -0.39 is 12.1 Å². The zero-order valence-corrected chi connectivity index (χ0v) is 22.5. The van der Waals surface area contributed by atoms with Crippen molar-refractivity contribution in [3.05, 3.63) is 53.6 Å². The molecule has 2 aromatic rings. The number of aliphatic hydroxyl groups excluding tert-OH is 1. The zero-order valence-electron chi connectivity index (χ0n) is 22.5. The summed E-state index contributed by atoms with van der Waals surface area (Å²) in [5.41, 5.74) is 1.38. The van der Waals surface area contributed by atoms with Crippen LogP contribution in [0.15, 0.2) is 42.5 Å². The summed E-state index contributed by atoms with van der Waals surface area (Å²) in [5, 5.41) is 14.2. The normalized spacial score (nSPS) is 16.4. The number of ketones is 1. The maximum atomic E-state index is 12.8. The number of aliphatic hydroxyl groups is 1. The van der Waals surface area contributed by atoms with Crippen molar-refractivity contribution in [3.8, 4) is 17.2 Å². The number of Topliss-reactive ketones (excluding diaryl/α,β-unsaturated/α-hetero) is 1. The maximum absolute atomic E-state index is 12.8. The van der Waals surface area contributed by atoms with Gasteiger partial charge in [0.15, 0.2) is 17.3 Å². The summed E-state index contributed by atoms with van der Waals surface area (Å²) in [6, 6.07) is 12.2. The Kier molecular flexibility index (Phi) is 10.0. The number of benzene rings is 2. The first kappa shape index (κ1) is 27.9. The summed E-state index contributed by atoms with van der Waals surface area (Å²) in [6.45, 7) is 6.65. The first-order valence-electron chi connectivity index (χ1n) is 13.8. The molecule has 2 aromatic carbocycles. The Balaban J connectivity index is 1.22. The number of carbonyl (C=O) groups is 2. The number of hydrogen-bond donors (Lipinski definition) is 2. The number of ether oxygens (including phenoxy) is 3. The molecule has 4 rings (SSSR count). The van der Waals surface area contributed by atoms with Gasteiger partial charge in [0.25, 0.3) is 0 Å². The van der Waals surface area contributed by atoms with E-state index in [0.29, 0.717) is 48.4 Å². The Labute approximate surface area is 225 Å². The van der Waals surface area contributed by atoms with Gasteiger partial charge in [0.2, 0.25) is 12.7 Å². The molecule has 206 valence electrons. The molecule has 8 heteroatoms. The van der Waals surface area contributed by atoms with E-state index >= 15 is 0 Å². The maximum Gasteiger partial charge on any atom is 0.231 e. The molecule has 0 spiro atoms. The molecule has 38 heavy (non-hydrogen) atoms. The fourth-order valence-corrected chi connectivity index (χ4v) is 4.96. The Bertz CT molecular complexity index is 1060. The van der Waals surface area contributed by atoms with Crippen LogP contribution in [0.5, 0.6) is 17.2 Å². The molecule has 8 nitrogen and oxygen atoms in total. The number of hydrogen-bond acceptors (Lipinski definition) is 7. The Morgan fingerprint density at radius 1 is 0.974 bits per heavy atom. The van der Waals surface area contributed by atoms with Crippen molar-refractivity contribution in [3.63, 3.8) is 0 Å². The molecule has 0 bridgehead atoms. The van der Waals surface area contributed by atoms with E-state index in [4.69, 9.17) is 14.2 Å². The second-order valence-electron chi connectivity index (χ2n) is 10.4. The summed E-state index contributed by atoms with van der Waals surface area (Å²) < 4.78 is 16.5. The number of amides is 1. The van der Waals surface area contributed by atoms with Gasteiger partial charge in [0.1, 0.15) is 11.9 Å². The molecular formula is C30H40N2O6. The number of carbonyl (C=O) groups excluding carboxylic acids is 2. The third-order valence-corrected chi connectivity index (χ3v) is 6.97. The van der Waals surface area contributed by atoms with Crippen LogP contribution in [0.2, 0.25) is 0 Å². The first-order valence-corrected chi connectivity index (χ1v) is 13.8. The lowest BCUT2D eigenvalue weighted by Crippen LogP contribution is -2.46. The first-order chi connectivity index (χ1) is 18.4. The van der Waals surface area contributed by atoms with Crippen LogP contribution in [0.25, 0.3) is 0 Å². The fraction of sp³-hybridized carbons (Fsp3) is 0.533. The molecule has 1 amide bonds. The molecule has 0 radical (unpaired) electrons. The van der Waals surface area contributed by atoms with E-state index in [2.05, 4.69) is 10.2 Å². The lowest BCUT2D eigenvalue weighted by atomic mass is 10.0. The van der Waals surface area contributed by atoms with Crippen LogP contribution in [-0.4, -0.2) is 60.3 Å². The van der Waals surface area contributed by atoms with E-state index in [1.807, 2.05) is 32.0 Å². The average Bonchev–Trinajstić information content (AvgIpc) is 3.59. The third kappa shape index (κ3) is 7.95. The van der Waals surface area contributed by atoms with Crippen LogP contribution in [0.3, 0.4) is 0 Å². The van der Waals surface area contributed by atoms with Gasteiger partial charge in [0, 0.05) is 24.9 Å². The highest BCUT2D eigenvalue weighted by Crippen LogP contribution is 2.35. The molecule has 1 saturated heterocycles. The highest BCUT2D eigenvalue weighted by molar-refractivity contribution is 5.96. The van der Waals surface area contributed by atoms with E-state index in [1.165, 1.54) is 0 Å². The van der Waals surface area contributed by atoms with Crippen molar-refractivity contribution in [1.82, 2.24) is 10.2 Å². The predicted molar refractivity (Wildman–Crippen MR) is 145 cm³/mol. The molecular weight excluding hydrogens is 484 g/mol. The lowest BCUT2D eigenvalue weighted by molar-refractivity contribution is -0.123. The fourth-order valence-electron chi connectivity index (χ4n) is 4.96. The number of unbranched alkanes of at least 4 members (excludes halogenated alkanes) is 2. The van der Waals surface area contributed by atoms with Crippen molar-refractivity contribution in [2.24, 2.45) is 0 Å². The summed E-state index contributed by atoms with van der Waals surface area (Å²) in [5.74, 6) is 2.05. The van der Waals surface area contributed by atoms with Crippen LogP contribution in [0, 0.1) is 0 Å². The topological polar surface area (TPSA) is 97.3 Å². The van der Waals surface area contributed by atoms with Crippen molar-refractivity contribution in [1.29, 1.82) is 0 Å². The number of rotatable bonds is 14. The van der Waals surface area contributed by atoms with Crippen LogP contribution in [0.1, 0.15) is 80.8 Å². The Morgan fingerprint density at radius 2 is 1.68 bits per heavy atom.